The predicted molar refractivity (Wildman–Crippen MR) is 91.3 cm³/mol. The Morgan fingerprint density at radius 1 is 1.17 bits per heavy atom. The highest BCUT2D eigenvalue weighted by Crippen LogP contribution is 2.36. The number of ketones is 1. The molecule has 0 saturated carbocycles. The lowest BCUT2D eigenvalue weighted by atomic mass is 10.0. The Bertz CT molecular complexity index is 796. The van der Waals surface area contributed by atoms with Crippen molar-refractivity contribution in [2.75, 3.05) is 6.54 Å². The maximum absolute atomic E-state index is 13.1. The summed E-state index contributed by atoms with van der Waals surface area (Å²) in [6.07, 6.45) is 1.91. The molecule has 2 N–H and O–H groups in total. The minimum Gasteiger partial charge on any atom is -0.354 e. The van der Waals surface area contributed by atoms with Gasteiger partial charge in [-0.1, -0.05) is 0 Å². The third-order valence-corrected chi connectivity index (χ3v) is 5.04. The van der Waals surface area contributed by atoms with Crippen LogP contribution in [0, 0.1) is 27.7 Å². The molecule has 6 heteroatoms. The number of likely N-dealkylation sites (tertiary alicyclic amines) is 1. The van der Waals surface area contributed by atoms with Crippen molar-refractivity contribution in [1.82, 2.24) is 20.1 Å². The van der Waals surface area contributed by atoms with Gasteiger partial charge in [0.15, 0.2) is 5.78 Å². The van der Waals surface area contributed by atoms with Gasteiger partial charge >= 0.3 is 0 Å². The number of hydrogen-bond acceptors (Lipinski definition) is 3. The van der Waals surface area contributed by atoms with Crippen LogP contribution in [0.3, 0.4) is 0 Å². The molecular formula is C18H24N4O2. The highest BCUT2D eigenvalue weighted by molar-refractivity contribution is 6.02. The minimum atomic E-state index is -0.0365. The molecule has 0 radical (unpaired) electrons. The van der Waals surface area contributed by atoms with E-state index in [4.69, 9.17) is 0 Å². The Hall–Kier alpha value is -2.37. The largest absolute Gasteiger partial charge is 0.354 e. The zero-order valence-corrected chi connectivity index (χ0v) is 14.9. The molecule has 1 aliphatic heterocycles. The Morgan fingerprint density at radius 2 is 1.88 bits per heavy atom. The van der Waals surface area contributed by atoms with Crippen LogP contribution >= 0.6 is 0 Å². The van der Waals surface area contributed by atoms with Gasteiger partial charge in [0.05, 0.1) is 11.7 Å². The number of carbonyl (C=O) groups excluding carboxylic acids is 2. The molecular weight excluding hydrogens is 304 g/mol. The number of amides is 1. The lowest BCUT2D eigenvalue weighted by Crippen LogP contribution is -2.31. The number of Topliss-reactive ketones (excluding diaryl/α,β-unsaturated/α-hetero) is 1. The minimum absolute atomic E-state index is 0.0141. The molecule has 0 spiro atoms. The molecule has 3 heterocycles. The first-order chi connectivity index (χ1) is 11.3. The second-order valence-electron chi connectivity index (χ2n) is 6.69. The summed E-state index contributed by atoms with van der Waals surface area (Å²) in [6, 6.07) is 0.0417. The van der Waals surface area contributed by atoms with E-state index in [9.17, 15) is 9.59 Å². The normalized spacial score (nSPS) is 17.5. The van der Waals surface area contributed by atoms with Crippen LogP contribution in [-0.2, 0) is 0 Å². The number of nitrogens with zero attached hydrogens (tertiary/aromatic N) is 2. The zero-order valence-electron chi connectivity index (χ0n) is 14.9. The van der Waals surface area contributed by atoms with Crippen molar-refractivity contribution in [3.8, 4) is 0 Å². The molecule has 24 heavy (non-hydrogen) atoms. The Morgan fingerprint density at radius 3 is 2.42 bits per heavy atom. The van der Waals surface area contributed by atoms with E-state index in [0.717, 1.165) is 47.6 Å². The second-order valence-corrected chi connectivity index (χ2v) is 6.69. The van der Waals surface area contributed by atoms with Crippen LogP contribution < -0.4 is 0 Å². The number of carbonyl (C=O) groups is 2. The number of aromatic amines is 2. The number of aromatic nitrogens is 3. The monoisotopic (exact) mass is 328 g/mol. The van der Waals surface area contributed by atoms with Crippen molar-refractivity contribution in [3.05, 3.63) is 39.5 Å². The first-order valence-electron chi connectivity index (χ1n) is 8.35. The maximum Gasteiger partial charge on any atom is 0.271 e. The fourth-order valence-corrected chi connectivity index (χ4v) is 4.00. The SMILES string of the molecule is CC(=O)c1c(C)[nH]c(C(=O)N2CCC[C@@H]2c2c(C)n[nH]c2C)c1C. The van der Waals surface area contributed by atoms with Gasteiger partial charge in [-0.25, -0.2) is 0 Å². The molecule has 6 nitrogen and oxygen atoms in total. The molecule has 1 saturated heterocycles. The first kappa shape index (κ1) is 16.5. The van der Waals surface area contributed by atoms with Crippen molar-refractivity contribution in [1.29, 1.82) is 0 Å². The van der Waals surface area contributed by atoms with Gasteiger partial charge in [0, 0.05) is 29.1 Å². The summed E-state index contributed by atoms with van der Waals surface area (Å²) >= 11 is 0. The van der Waals surface area contributed by atoms with E-state index in [1.807, 2.05) is 32.6 Å². The van der Waals surface area contributed by atoms with Crippen LogP contribution in [-0.4, -0.2) is 38.3 Å². The summed E-state index contributed by atoms with van der Waals surface area (Å²) in [5, 5.41) is 7.28. The van der Waals surface area contributed by atoms with Gasteiger partial charge in [0.1, 0.15) is 5.69 Å². The lowest BCUT2D eigenvalue weighted by molar-refractivity contribution is 0.0729. The third-order valence-electron chi connectivity index (χ3n) is 5.04. The fraction of sp³-hybridized carbons (Fsp3) is 0.500. The van der Waals surface area contributed by atoms with E-state index < -0.39 is 0 Å². The lowest BCUT2D eigenvalue weighted by Gasteiger charge is -2.25. The van der Waals surface area contributed by atoms with E-state index >= 15 is 0 Å². The van der Waals surface area contributed by atoms with Gasteiger partial charge in [-0.15, -0.1) is 0 Å². The number of rotatable bonds is 3. The van der Waals surface area contributed by atoms with E-state index in [2.05, 4.69) is 15.2 Å². The maximum atomic E-state index is 13.1. The quantitative estimate of drug-likeness (QED) is 0.849. The summed E-state index contributed by atoms with van der Waals surface area (Å²) < 4.78 is 0. The molecule has 128 valence electrons. The van der Waals surface area contributed by atoms with Crippen molar-refractivity contribution in [2.45, 2.75) is 53.5 Å². The average molecular weight is 328 g/mol. The number of nitrogens with one attached hydrogen (secondary N) is 2. The molecule has 2 aromatic rings. The Balaban J connectivity index is 1.98. The number of aryl methyl sites for hydroxylation is 3. The molecule has 1 atom stereocenters. The van der Waals surface area contributed by atoms with Gasteiger partial charge in [0.25, 0.3) is 5.91 Å². The van der Waals surface area contributed by atoms with Crippen molar-refractivity contribution >= 4 is 11.7 Å². The standard InChI is InChI=1S/C18H24N4O2/c1-9-15(13(5)23)10(2)19-17(9)18(24)22-8-6-7-14(22)16-11(3)20-21-12(16)4/h14,19H,6-8H2,1-5H3,(H,20,21)/t14-/m1/s1. The van der Waals surface area contributed by atoms with Crippen LogP contribution in [0.4, 0.5) is 0 Å². The van der Waals surface area contributed by atoms with E-state index in [0.29, 0.717) is 11.3 Å². The van der Waals surface area contributed by atoms with Crippen LogP contribution in [0.5, 0.6) is 0 Å². The number of hydrogen-bond donors (Lipinski definition) is 2. The first-order valence-corrected chi connectivity index (χ1v) is 8.35. The zero-order chi connectivity index (χ0) is 17.6. The van der Waals surface area contributed by atoms with Crippen LogP contribution in [0.2, 0.25) is 0 Å². The topological polar surface area (TPSA) is 81.8 Å². The van der Waals surface area contributed by atoms with Gasteiger partial charge in [-0.2, -0.15) is 5.10 Å². The Kier molecular flexibility index (Phi) is 4.07. The molecule has 0 bridgehead atoms. The smallest absolute Gasteiger partial charge is 0.271 e. The Labute approximate surface area is 141 Å². The van der Waals surface area contributed by atoms with Crippen LogP contribution in [0.1, 0.15) is 74.9 Å². The molecule has 1 aliphatic rings. The molecule has 0 aliphatic carbocycles. The number of H-pyrrole nitrogens is 2. The highest BCUT2D eigenvalue weighted by Gasteiger charge is 2.35. The molecule has 3 rings (SSSR count). The second kappa shape index (κ2) is 5.92. The van der Waals surface area contributed by atoms with E-state index in [-0.39, 0.29) is 17.7 Å². The van der Waals surface area contributed by atoms with Gasteiger partial charge in [-0.05, 0) is 53.0 Å². The van der Waals surface area contributed by atoms with E-state index in [1.165, 1.54) is 6.92 Å². The third kappa shape index (κ3) is 2.46. The summed E-state index contributed by atoms with van der Waals surface area (Å²) in [5.74, 6) is -0.0506. The summed E-state index contributed by atoms with van der Waals surface area (Å²) in [7, 11) is 0. The van der Waals surface area contributed by atoms with Crippen molar-refractivity contribution in [3.63, 3.8) is 0 Å². The molecule has 0 unspecified atom stereocenters. The van der Waals surface area contributed by atoms with Crippen LogP contribution in [0.25, 0.3) is 0 Å². The highest BCUT2D eigenvalue weighted by atomic mass is 16.2. The summed E-state index contributed by atoms with van der Waals surface area (Å²) in [5.41, 5.74) is 5.75. The molecule has 2 aromatic heterocycles. The molecule has 1 fully saturated rings. The van der Waals surface area contributed by atoms with Crippen molar-refractivity contribution in [2.24, 2.45) is 0 Å². The predicted octanol–water partition coefficient (Wildman–Crippen LogP) is 3.15. The van der Waals surface area contributed by atoms with Gasteiger partial charge < -0.3 is 9.88 Å². The summed E-state index contributed by atoms with van der Waals surface area (Å²) in [6.45, 7) is 9.90. The van der Waals surface area contributed by atoms with Gasteiger partial charge in [0.2, 0.25) is 0 Å². The molecule has 0 aromatic carbocycles. The van der Waals surface area contributed by atoms with E-state index in [1.54, 1.807) is 0 Å². The van der Waals surface area contributed by atoms with Crippen molar-refractivity contribution < 1.29 is 9.59 Å². The van der Waals surface area contributed by atoms with Crippen LogP contribution in [0.15, 0.2) is 0 Å². The summed E-state index contributed by atoms with van der Waals surface area (Å²) in [4.78, 5) is 30.0. The molecule has 1 amide bonds. The average Bonchev–Trinajstić information content (AvgIpc) is 3.17. The fourth-order valence-electron chi connectivity index (χ4n) is 4.00. The van der Waals surface area contributed by atoms with Gasteiger partial charge in [-0.3, -0.25) is 14.7 Å².